The van der Waals surface area contributed by atoms with Crippen LogP contribution in [-0.2, 0) is 0 Å². The number of rotatable bonds is 4. The van der Waals surface area contributed by atoms with E-state index in [1.165, 1.54) is 6.39 Å². The maximum absolute atomic E-state index is 4.70. The highest BCUT2D eigenvalue weighted by Gasteiger charge is 2.02. The second kappa shape index (κ2) is 4.79. The molecule has 0 unspecified atom stereocenters. The molecule has 2 rings (SSSR count). The standard InChI is InChI=1S/C12H15N3O/c1-9(2)7-13-11-5-3-10(4-6-11)12-14-8-16-15-12/h3-6,8-9,13H,7H2,1-2H3. The fourth-order valence-electron chi connectivity index (χ4n) is 1.36. The van der Waals surface area contributed by atoms with Gasteiger partial charge in [0.15, 0.2) is 0 Å². The highest BCUT2D eigenvalue weighted by molar-refractivity contribution is 5.59. The summed E-state index contributed by atoms with van der Waals surface area (Å²) in [6.07, 6.45) is 1.33. The van der Waals surface area contributed by atoms with E-state index < -0.39 is 0 Å². The van der Waals surface area contributed by atoms with Gasteiger partial charge in [-0.2, -0.15) is 4.98 Å². The van der Waals surface area contributed by atoms with Gasteiger partial charge in [0.05, 0.1) is 0 Å². The third-order valence-electron chi connectivity index (χ3n) is 2.22. The molecule has 0 aliphatic heterocycles. The third kappa shape index (κ3) is 2.59. The first-order valence-corrected chi connectivity index (χ1v) is 5.36. The molecular formula is C12H15N3O. The quantitative estimate of drug-likeness (QED) is 0.855. The molecule has 84 valence electrons. The van der Waals surface area contributed by atoms with Gasteiger partial charge in [0.1, 0.15) is 0 Å². The Labute approximate surface area is 94.7 Å². The Balaban J connectivity index is 2.05. The lowest BCUT2D eigenvalue weighted by Crippen LogP contribution is -2.07. The van der Waals surface area contributed by atoms with Crippen LogP contribution < -0.4 is 5.32 Å². The summed E-state index contributed by atoms with van der Waals surface area (Å²) >= 11 is 0. The summed E-state index contributed by atoms with van der Waals surface area (Å²) in [6, 6.07) is 8.00. The Morgan fingerprint density at radius 1 is 1.25 bits per heavy atom. The first kappa shape index (κ1) is 10.7. The van der Waals surface area contributed by atoms with Crippen LogP contribution in [0.4, 0.5) is 5.69 Å². The lowest BCUT2D eigenvalue weighted by Gasteiger charge is -2.08. The minimum absolute atomic E-state index is 0.621. The first-order valence-electron chi connectivity index (χ1n) is 5.36. The van der Waals surface area contributed by atoms with E-state index in [4.69, 9.17) is 4.52 Å². The normalized spacial score (nSPS) is 10.7. The van der Waals surface area contributed by atoms with Crippen molar-refractivity contribution >= 4 is 5.69 Å². The summed E-state index contributed by atoms with van der Waals surface area (Å²) in [7, 11) is 0. The van der Waals surface area contributed by atoms with Gasteiger partial charge in [-0.3, -0.25) is 0 Å². The van der Waals surface area contributed by atoms with E-state index in [0.29, 0.717) is 11.7 Å². The van der Waals surface area contributed by atoms with E-state index >= 15 is 0 Å². The molecule has 0 fully saturated rings. The molecular weight excluding hydrogens is 202 g/mol. The van der Waals surface area contributed by atoms with Crippen molar-refractivity contribution in [3.05, 3.63) is 30.7 Å². The van der Waals surface area contributed by atoms with Crippen LogP contribution in [0.15, 0.2) is 35.2 Å². The second-order valence-corrected chi connectivity index (χ2v) is 4.11. The van der Waals surface area contributed by atoms with Gasteiger partial charge in [-0.25, -0.2) is 0 Å². The summed E-state index contributed by atoms with van der Waals surface area (Å²) in [4.78, 5) is 3.99. The van der Waals surface area contributed by atoms with Crippen LogP contribution in [0.5, 0.6) is 0 Å². The van der Waals surface area contributed by atoms with Gasteiger partial charge in [0.25, 0.3) is 0 Å². The first-order chi connectivity index (χ1) is 7.75. The van der Waals surface area contributed by atoms with E-state index in [-0.39, 0.29) is 0 Å². The summed E-state index contributed by atoms with van der Waals surface area (Å²) < 4.78 is 4.70. The third-order valence-corrected chi connectivity index (χ3v) is 2.22. The molecule has 1 heterocycles. The second-order valence-electron chi connectivity index (χ2n) is 4.11. The molecule has 0 atom stereocenters. The number of nitrogens with zero attached hydrogens (tertiary/aromatic N) is 2. The van der Waals surface area contributed by atoms with E-state index in [9.17, 15) is 0 Å². The molecule has 0 saturated heterocycles. The Morgan fingerprint density at radius 3 is 2.56 bits per heavy atom. The number of nitrogens with one attached hydrogen (secondary N) is 1. The topological polar surface area (TPSA) is 51.0 Å². The van der Waals surface area contributed by atoms with Crippen LogP contribution >= 0.6 is 0 Å². The average Bonchev–Trinajstić information content (AvgIpc) is 2.80. The molecule has 16 heavy (non-hydrogen) atoms. The fourth-order valence-corrected chi connectivity index (χ4v) is 1.36. The highest BCUT2D eigenvalue weighted by Crippen LogP contribution is 2.17. The molecule has 4 nitrogen and oxygen atoms in total. The zero-order valence-electron chi connectivity index (χ0n) is 9.47. The minimum atomic E-state index is 0.621. The number of benzene rings is 1. The number of hydrogen-bond acceptors (Lipinski definition) is 4. The lowest BCUT2D eigenvalue weighted by molar-refractivity contribution is 0.419. The van der Waals surface area contributed by atoms with Gasteiger partial charge < -0.3 is 9.84 Å². The Hall–Kier alpha value is -1.84. The van der Waals surface area contributed by atoms with Crippen molar-refractivity contribution in [2.45, 2.75) is 13.8 Å². The minimum Gasteiger partial charge on any atom is -0.385 e. The zero-order valence-corrected chi connectivity index (χ0v) is 9.47. The van der Waals surface area contributed by atoms with Crippen molar-refractivity contribution in [1.82, 2.24) is 10.1 Å². The maximum Gasteiger partial charge on any atom is 0.214 e. The van der Waals surface area contributed by atoms with Gasteiger partial charge in [-0.05, 0) is 30.2 Å². The Bertz CT molecular complexity index is 420. The number of aromatic nitrogens is 2. The van der Waals surface area contributed by atoms with Crippen LogP contribution in [0.1, 0.15) is 13.8 Å². The van der Waals surface area contributed by atoms with Gasteiger partial charge in [-0.1, -0.05) is 19.0 Å². The SMILES string of the molecule is CC(C)CNc1ccc(-c2ncon2)cc1. The van der Waals surface area contributed by atoms with Crippen molar-refractivity contribution in [1.29, 1.82) is 0 Å². The molecule has 0 aliphatic carbocycles. The van der Waals surface area contributed by atoms with Crippen LogP contribution in [-0.4, -0.2) is 16.7 Å². The van der Waals surface area contributed by atoms with E-state index in [2.05, 4.69) is 29.3 Å². The Morgan fingerprint density at radius 2 is 2.00 bits per heavy atom. The molecule has 0 amide bonds. The molecule has 0 radical (unpaired) electrons. The van der Waals surface area contributed by atoms with Crippen LogP contribution in [0, 0.1) is 5.92 Å². The lowest BCUT2D eigenvalue weighted by atomic mass is 10.2. The van der Waals surface area contributed by atoms with Crippen LogP contribution in [0.25, 0.3) is 11.4 Å². The monoisotopic (exact) mass is 217 g/mol. The smallest absolute Gasteiger partial charge is 0.214 e. The highest BCUT2D eigenvalue weighted by atomic mass is 16.5. The van der Waals surface area contributed by atoms with Crippen molar-refractivity contribution < 1.29 is 4.52 Å². The van der Waals surface area contributed by atoms with Gasteiger partial charge >= 0.3 is 0 Å². The number of anilines is 1. The molecule has 4 heteroatoms. The fraction of sp³-hybridized carbons (Fsp3) is 0.333. The largest absolute Gasteiger partial charge is 0.385 e. The molecule has 0 saturated carbocycles. The molecule has 1 N–H and O–H groups in total. The van der Waals surface area contributed by atoms with Gasteiger partial charge in [0.2, 0.25) is 12.2 Å². The predicted molar refractivity (Wildman–Crippen MR) is 63.1 cm³/mol. The van der Waals surface area contributed by atoms with Crippen molar-refractivity contribution in [2.24, 2.45) is 5.92 Å². The van der Waals surface area contributed by atoms with Crippen molar-refractivity contribution in [3.8, 4) is 11.4 Å². The molecule has 1 aromatic carbocycles. The number of hydrogen-bond donors (Lipinski definition) is 1. The summed E-state index contributed by atoms with van der Waals surface area (Å²) in [5.41, 5.74) is 2.07. The van der Waals surface area contributed by atoms with Crippen molar-refractivity contribution in [2.75, 3.05) is 11.9 Å². The van der Waals surface area contributed by atoms with Crippen LogP contribution in [0.3, 0.4) is 0 Å². The molecule has 0 aliphatic rings. The zero-order chi connectivity index (χ0) is 11.4. The predicted octanol–water partition coefficient (Wildman–Crippen LogP) is 2.80. The summed E-state index contributed by atoms with van der Waals surface area (Å²) in [5.74, 6) is 1.26. The van der Waals surface area contributed by atoms with Gasteiger partial charge in [-0.15, -0.1) is 0 Å². The molecule has 2 aromatic rings. The van der Waals surface area contributed by atoms with Gasteiger partial charge in [0, 0.05) is 17.8 Å². The van der Waals surface area contributed by atoms with E-state index in [1.807, 2.05) is 24.3 Å². The molecule has 1 aromatic heterocycles. The van der Waals surface area contributed by atoms with E-state index in [0.717, 1.165) is 17.8 Å². The summed E-state index contributed by atoms with van der Waals surface area (Å²) in [5, 5.41) is 7.14. The average molecular weight is 217 g/mol. The molecule has 0 spiro atoms. The summed E-state index contributed by atoms with van der Waals surface area (Å²) in [6.45, 7) is 5.34. The van der Waals surface area contributed by atoms with E-state index in [1.54, 1.807) is 0 Å². The molecule has 0 bridgehead atoms. The Kier molecular flexibility index (Phi) is 3.19. The maximum atomic E-state index is 4.70. The van der Waals surface area contributed by atoms with Crippen molar-refractivity contribution in [3.63, 3.8) is 0 Å². The van der Waals surface area contributed by atoms with Crippen LogP contribution in [0.2, 0.25) is 0 Å².